The number of hydrogen-bond acceptors (Lipinski definition) is 3. The number of hydrogen-bond donors (Lipinski definition) is 0. The lowest BCUT2D eigenvalue weighted by molar-refractivity contribution is 0.556. The predicted octanol–water partition coefficient (Wildman–Crippen LogP) is 3.13. The molecule has 2 aromatic heterocycles. The van der Waals surface area contributed by atoms with Crippen LogP contribution in [0.3, 0.4) is 0 Å². The van der Waals surface area contributed by atoms with E-state index >= 15 is 0 Å². The zero-order valence-corrected chi connectivity index (χ0v) is 10.5. The number of aromatic nitrogens is 2. The highest BCUT2D eigenvalue weighted by atomic mass is 16.4. The molecule has 0 unspecified atom stereocenters. The minimum absolute atomic E-state index is 0.369. The Morgan fingerprint density at radius 3 is 2.75 bits per heavy atom. The lowest BCUT2D eigenvalue weighted by Gasteiger charge is -2.04. The van der Waals surface area contributed by atoms with Gasteiger partial charge in [0, 0.05) is 5.39 Å². The first-order chi connectivity index (χ1) is 9.83. The summed E-state index contributed by atoms with van der Waals surface area (Å²) in [4.78, 5) is 16.5. The maximum absolute atomic E-state index is 12.2. The van der Waals surface area contributed by atoms with Gasteiger partial charge in [-0.3, -0.25) is 4.57 Å². The van der Waals surface area contributed by atoms with Crippen LogP contribution < -0.4 is 5.63 Å². The van der Waals surface area contributed by atoms with Crippen LogP contribution in [0.15, 0.2) is 70.1 Å². The normalized spacial score (nSPS) is 11.2. The van der Waals surface area contributed by atoms with E-state index in [1.165, 1.54) is 0 Å². The van der Waals surface area contributed by atoms with Crippen molar-refractivity contribution in [1.29, 1.82) is 0 Å². The van der Waals surface area contributed by atoms with Gasteiger partial charge in [-0.05, 0) is 24.3 Å². The molecule has 4 heteroatoms. The van der Waals surface area contributed by atoms with Crippen LogP contribution in [-0.2, 0) is 0 Å². The van der Waals surface area contributed by atoms with Crippen LogP contribution in [0, 0.1) is 0 Å². The van der Waals surface area contributed by atoms with Gasteiger partial charge in [-0.25, -0.2) is 9.78 Å². The van der Waals surface area contributed by atoms with Gasteiger partial charge < -0.3 is 4.42 Å². The third-order valence-electron chi connectivity index (χ3n) is 3.34. The van der Waals surface area contributed by atoms with Crippen LogP contribution in [0.5, 0.6) is 0 Å². The third kappa shape index (κ3) is 1.55. The molecule has 0 fully saturated rings. The molecule has 0 aliphatic rings. The minimum Gasteiger partial charge on any atom is -0.421 e. The molecule has 0 spiro atoms. The number of rotatable bonds is 1. The van der Waals surface area contributed by atoms with E-state index in [-0.39, 0.29) is 5.63 Å². The Morgan fingerprint density at radius 2 is 1.80 bits per heavy atom. The minimum atomic E-state index is -0.369. The molecule has 2 heterocycles. The van der Waals surface area contributed by atoms with Gasteiger partial charge in [0.1, 0.15) is 17.6 Å². The van der Waals surface area contributed by atoms with Crippen molar-refractivity contribution in [2.75, 3.05) is 0 Å². The topological polar surface area (TPSA) is 48.0 Å². The van der Waals surface area contributed by atoms with Crippen molar-refractivity contribution in [3.63, 3.8) is 0 Å². The summed E-state index contributed by atoms with van der Waals surface area (Å²) >= 11 is 0. The van der Waals surface area contributed by atoms with E-state index in [1.54, 1.807) is 17.0 Å². The molecular weight excluding hydrogens is 252 g/mol. The number of fused-ring (bicyclic) bond motifs is 2. The first-order valence-corrected chi connectivity index (χ1v) is 6.28. The van der Waals surface area contributed by atoms with E-state index in [4.69, 9.17) is 4.42 Å². The smallest absolute Gasteiger partial charge is 0.360 e. The molecular formula is C16H10N2O2. The second-order valence-electron chi connectivity index (χ2n) is 4.56. The Bertz CT molecular complexity index is 982. The monoisotopic (exact) mass is 262 g/mol. The van der Waals surface area contributed by atoms with Crippen LogP contribution in [0.4, 0.5) is 0 Å². The molecule has 4 nitrogen and oxygen atoms in total. The van der Waals surface area contributed by atoms with E-state index < -0.39 is 0 Å². The summed E-state index contributed by atoms with van der Waals surface area (Å²) in [6, 6.07) is 17.0. The van der Waals surface area contributed by atoms with Crippen molar-refractivity contribution in [2.45, 2.75) is 0 Å². The van der Waals surface area contributed by atoms with Gasteiger partial charge in [0.2, 0.25) is 0 Å². The molecule has 0 aliphatic carbocycles. The summed E-state index contributed by atoms with van der Waals surface area (Å²) in [7, 11) is 0. The molecule has 0 N–H and O–H groups in total. The van der Waals surface area contributed by atoms with Crippen molar-refractivity contribution < 1.29 is 4.42 Å². The molecule has 0 saturated heterocycles. The molecule has 96 valence electrons. The van der Waals surface area contributed by atoms with E-state index in [9.17, 15) is 4.79 Å². The number of imidazole rings is 1. The third-order valence-corrected chi connectivity index (χ3v) is 3.34. The second-order valence-corrected chi connectivity index (χ2v) is 4.56. The average Bonchev–Trinajstić information content (AvgIpc) is 2.90. The van der Waals surface area contributed by atoms with Crippen LogP contribution in [0.1, 0.15) is 0 Å². The molecule has 0 aliphatic heterocycles. The molecule has 20 heavy (non-hydrogen) atoms. The summed E-state index contributed by atoms with van der Waals surface area (Å²) < 4.78 is 7.12. The number of para-hydroxylation sites is 3. The van der Waals surface area contributed by atoms with Gasteiger partial charge in [0.15, 0.2) is 0 Å². The van der Waals surface area contributed by atoms with E-state index in [2.05, 4.69) is 4.98 Å². The van der Waals surface area contributed by atoms with Crippen LogP contribution in [-0.4, -0.2) is 9.55 Å². The maximum Gasteiger partial charge on any atom is 0.360 e. The largest absolute Gasteiger partial charge is 0.421 e. The fourth-order valence-corrected chi connectivity index (χ4v) is 2.37. The maximum atomic E-state index is 12.2. The van der Waals surface area contributed by atoms with Gasteiger partial charge in [-0.1, -0.05) is 30.3 Å². The van der Waals surface area contributed by atoms with Gasteiger partial charge in [-0.15, -0.1) is 0 Å². The van der Waals surface area contributed by atoms with Gasteiger partial charge in [0.05, 0.1) is 11.0 Å². The zero-order valence-electron chi connectivity index (χ0n) is 10.5. The van der Waals surface area contributed by atoms with Crippen molar-refractivity contribution in [1.82, 2.24) is 9.55 Å². The summed E-state index contributed by atoms with van der Waals surface area (Å²) in [6.45, 7) is 0. The standard InChI is InChI=1S/C16H10N2O2/c19-16-14(9-11-5-1-4-8-15(11)20-16)18-10-17-12-6-2-3-7-13(12)18/h1-10H. The highest BCUT2D eigenvalue weighted by Crippen LogP contribution is 2.19. The molecule has 0 atom stereocenters. The highest BCUT2D eigenvalue weighted by Gasteiger charge is 2.10. The van der Waals surface area contributed by atoms with Crippen molar-refractivity contribution in [3.05, 3.63) is 71.3 Å². The molecule has 0 amide bonds. The Morgan fingerprint density at radius 1 is 1.00 bits per heavy atom. The van der Waals surface area contributed by atoms with Crippen LogP contribution in [0.2, 0.25) is 0 Å². The summed E-state index contributed by atoms with van der Waals surface area (Å²) in [5, 5.41) is 0.889. The first-order valence-electron chi connectivity index (χ1n) is 6.28. The zero-order chi connectivity index (χ0) is 13.5. The molecule has 0 saturated carbocycles. The Balaban J connectivity index is 2.07. The number of nitrogens with zero attached hydrogens (tertiary/aromatic N) is 2. The Kier molecular flexibility index (Phi) is 2.23. The average molecular weight is 262 g/mol. The van der Waals surface area contributed by atoms with Crippen molar-refractivity contribution >= 4 is 22.0 Å². The lowest BCUT2D eigenvalue weighted by Crippen LogP contribution is -2.09. The summed E-state index contributed by atoms with van der Waals surface area (Å²) in [5.41, 5.74) is 2.42. The molecule has 2 aromatic carbocycles. The first kappa shape index (κ1) is 11.0. The second kappa shape index (κ2) is 4.06. The molecule has 4 rings (SSSR count). The Hall–Kier alpha value is -2.88. The van der Waals surface area contributed by atoms with Crippen LogP contribution in [0.25, 0.3) is 27.7 Å². The van der Waals surface area contributed by atoms with E-state index in [0.717, 1.165) is 16.4 Å². The summed E-state index contributed by atoms with van der Waals surface area (Å²) in [5.74, 6) is 0. The predicted molar refractivity (Wildman–Crippen MR) is 77.1 cm³/mol. The summed E-state index contributed by atoms with van der Waals surface area (Å²) in [6.07, 6.45) is 1.64. The van der Waals surface area contributed by atoms with Crippen LogP contribution >= 0.6 is 0 Å². The lowest BCUT2D eigenvalue weighted by atomic mass is 10.2. The molecule has 0 bridgehead atoms. The van der Waals surface area contributed by atoms with Crippen molar-refractivity contribution in [2.24, 2.45) is 0 Å². The SMILES string of the molecule is O=c1oc2ccccc2cc1-n1cnc2ccccc21. The Labute approximate surface area is 113 Å². The quantitative estimate of drug-likeness (QED) is 0.495. The van der Waals surface area contributed by atoms with E-state index in [0.29, 0.717) is 11.3 Å². The fraction of sp³-hybridized carbons (Fsp3) is 0. The van der Waals surface area contributed by atoms with Gasteiger partial charge in [-0.2, -0.15) is 0 Å². The van der Waals surface area contributed by atoms with Gasteiger partial charge in [0.25, 0.3) is 0 Å². The van der Waals surface area contributed by atoms with Crippen molar-refractivity contribution in [3.8, 4) is 5.69 Å². The van der Waals surface area contributed by atoms with Gasteiger partial charge >= 0.3 is 5.63 Å². The number of benzene rings is 2. The fourth-order valence-electron chi connectivity index (χ4n) is 2.37. The molecule has 4 aromatic rings. The van der Waals surface area contributed by atoms with E-state index in [1.807, 2.05) is 48.5 Å². The molecule has 0 radical (unpaired) electrons. The highest BCUT2D eigenvalue weighted by molar-refractivity contribution is 5.81.